The summed E-state index contributed by atoms with van der Waals surface area (Å²) >= 11 is 3.18. The summed E-state index contributed by atoms with van der Waals surface area (Å²) in [6, 6.07) is 2.01. The highest BCUT2D eigenvalue weighted by Gasteiger charge is 2.13. The Hall–Kier alpha value is -0.960. The smallest absolute Gasteiger partial charge is 0.261 e. The van der Waals surface area contributed by atoms with Crippen LogP contribution in [0.15, 0.2) is 6.07 Å². The van der Waals surface area contributed by atoms with Crippen LogP contribution in [0, 0.1) is 18.8 Å². The lowest BCUT2D eigenvalue weighted by Crippen LogP contribution is -2.33. The summed E-state index contributed by atoms with van der Waals surface area (Å²) in [7, 11) is 0. The molecule has 5 heteroatoms. The summed E-state index contributed by atoms with van der Waals surface area (Å²) < 4.78 is 0. The molecule has 1 atom stereocenters. The normalized spacial score (nSPS) is 11.6. The summed E-state index contributed by atoms with van der Waals surface area (Å²) in [5.41, 5.74) is 0.978. The van der Waals surface area contributed by atoms with Gasteiger partial charge in [-0.2, -0.15) is 11.8 Å². The van der Waals surface area contributed by atoms with Crippen LogP contribution in [0.3, 0.4) is 0 Å². The Bertz CT molecular complexity index is 485. The van der Waals surface area contributed by atoms with Gasteiger partial charge in [0.1, 0.15) is 6.61 Å². The Balaban J connectivity index is 2.67. The SMILES string of the molecule is CCSCC(C)NC(=O)c1cc(C)c(C#CCO)s1. The molecule has 1 heterocycles. The number of thioether (sulfide) groups is 1. The van der Waals surface area contributed by atoms with Gasteiger partial charge in [0.05, 0.1) is 9.75 Å². The van der Waals surface area contributed by atoms with E-state index < -0.39 is 0 Å². The quantitative estimate of drug-likeness (QED) is 0.820. The summed E-state index contributed by atoms with van der Waals surface area (Å²) in [5, 5.41) is 11.7. The van der Waals surface area contributed by atoms with Crippen molar-refractivity contribution in [2.45, 2.75) is 26.8 Å². The van der Waals surface area contributed by atoms with Gasteiger partial charge in [-0.1, -0.05) is 18.8 Å². The first-order chi connectivity index (χ1) is 9.08. The highest BCUT2D eigenvalue weighted by molar-refractivity contribution is 7.99. The molecular weight excluding hydrogens is 278 g/mol. The molecule has 1 rings (SSSR count). The predicted molar refractivity (Wildman–Crippen MR) is 82.9 cm³/mol. The Morgan fingerprint density at radius 3 is 3.00 bits per heavy atom. The topological polar surface area (TPSA) is 49.3 Å². The number of aryl methyl sites for hydroxylation is 1. The Morgan fingerprint density at radius 1 is 1.63 bits per heavy atom. The van der Waals surface area contributed by atoms with E-state index >= 15 is 0 Å². The molecule has 0 aromatic carbocycles. The second kappa shape index (κ2) is 8.26. The fourth-order valence-corrected chi connectivity index (χ4v) is 3.09. The lowest BCUT2D eigenvalue weighted by Gasteiger charge is -2.11. The van der Waals surface area contributed by atoms with E-state index in [0.29, 0.717) is 4.88 Å². The number of hydrogen-bond donors (Lipinski definition) is 2. The number of amides is 1. The van der Waals surface area contributed by atoms with Crippen LogP contribution in [-0.4, -0.2) is 35.2 Å². The standard InChI is InChI=1S/C14H19NO2S2/c1-4-18-9-11(3)15-14(17)13-8-10(2)12(19-13)6-5-7-16/h8,11,16H,4,7,9H2,1-3H3,(H,15,17). The van der Waals surface area contributed by atoms with Crippen LogP contribution >= 0.6 is 23.1 Å². The molecule has 1 unspecified atom stereocenters. The summed E-state index contributed by atoms with van der Waals surface area (Å²) in [6.45, 7) is 5.87. The van der Waals surface area contributed by atoms with Gasteiger partial charge >= 0.3 is 0 Å². The molecule has 0 bridgehead atoms. The molecule has 1 aromatic heterocycles. The molecule has 0 spiro atoms. The number of carbonyl (C=O) groups is 1. The van der Waals surface area contributed by atoms with Crippen LogP contribution in [0.5, 0.6) is 0 Å². The molecule has 2 N–H and O–H groups in total. The lowest BCUT2D eigenvalue weighted by atomic mass is 10.2. The highest BCUT2D eigenvalue weighted by atomic mass is 32.2. The van der Waals surface area contributed by atoms with Crippen molar-refractivity contribution in [3.05, 3.63) is 21.4 Å². The number of aliphatic hydroxyl groups is 1. The molecule has 0 fully saturated rings. The van der Waals surface area contributed by atoms with Crippen molar-refractivity contribution in [2.75, 3.05) is 18.1 Å². The summed E-state index contributed by atoms with van der Waals surface area (Å²) in [5.74, 6) is 7.40. The van der Waals surface area contributed by atoms with Gasteiger partial charge in [0, 0.05) is 11.8 Å². The van der Waals surface area contributed by atoms with Crippen molar-refractivity contribution in [1.82, 2.24) is 5.32 Å². The minimum absolute atomic E-state index is 0.0469. The van der Waals surface area contributed by atoms with Gasteiger partial charge in [0.15, 0.2) is 0 Å². The number of aliphatic hydroxyl groups excluding tert-OH is 1. The number of hydrogen-bond acceptors (Lipinski definition) is 4. The molecule has 0 aliphatic heterocycles. The first-order valence-corrected chi connectivity index (χ1v) is 8.14. The average Bonchev–Trinajstić information content (AvgIpc) is 2.75. The number of thiophene rings is 1. The van der Waals surface area contributed by atoms with E-state index in [-0.39, 0.29) is 18.6 Å². The van der Waals surface area contributed by atoms with Crippen LogP contribution in [0.2, 0.25) is 0 Å². The maximum absolute atomic E-state index is 12.1. The third kappa shape index (κ3) is 5.27. The molecule has 19 heavy (non-hydrogen) atoms. The molecule has 0 radical (unpaired) electrons. The van der Waals surface area contributed by atoms with Crippen molar-refractivity contribution in [2.24, 2.45) is 0 Å². The van der Waals surface area contributed by atoms with Crippen LogP contribution < -0.4 is 5.32 Å². The van der Waals surface area contributed by atoms with Crippen LogP contribution in [0.4, 0.5) is 0 Å². The fourth-order valence-electron chi connectivity index (χ4n) is 1.47. The van der Waals surface area contributed by atoms with Gasteiger partial charge in [-0.3, -0.25) is 4.79 Å². The first kappa shape index (κ1) is 16.1. The lowest BCUT2D eigenvalue weighted by molar-refractivity contribution is 0.0948. The van der Waals surface area contributed by atoms with Gasteiger partial charge in [-0.05, 0) is 31.2 Å². The molecule has 0 aliphatic carbocycles. The molecule has 1 amide bonds. The minimum atomic E-state index is -0.163. The zero-order valence-corrected chi connectivity index (χ0v) is 13.1. The molecule has 1 aromatic rings. The second-order valence-electron chi connectivity index (χ2n) is 4.12. The van der Waals surface area contributed by atoms with E-state index in [4.69, 9.17) is 5.11 Å². The van der Waals surface area contributed by atoms with Gasteiger partial charge in [0.25, 0.3) is 5.91 Å². The van der Waals surface area contributed by atoms with E-state index in [1.54, 1.807) is 0 Å². The summed E-state index contributed by atoms with van der Waals surface area (Å²) in [4.78, 5) is 13.6. The Labute approximate surface area is 122 Å². The largest absolute Gasteiger partial charge is 0.384 e. The van der Waals surface area contributed by atoms with Crippen molar-refractivity contribution in [3.63, 3.8) is 0 Å². The van der Waals surface area contributed by atoms with Gasteiger partial charge in [-0.25, -0.2) is 0 Å². The molecular formula is C14H19NO2S2. The first-order valence-electron chi connectivity index (χ1n) is 6.17. The van der Waals surface area contributed by atoms with E-state index in [2.05, 4.69) is 24.1 Å². The fraction of sp³-hybridized carbons (Fsp3) is 0.500. The molecule has 0 saturated heterocycles. The van der Waals surface area contributed by atoms with Gasteiger partial charge in [-0.15, -0.1) is 11.3 Å². The van der Waals surface area contributed by atoms with E-state index in [0.717, 1.165) is 21.9 Å². The van der Waals surface area contributed by atoms with Crippen molar-refractivity contribution >= 4 is 29.0 Å². The Kier molecular flexibility index (Phi) is 7.00. The van der Waals surface area contributed by atoms with Gasteiger partial charge < -0.3 is 10.4 Å². The third-order valence-corrected chi connectivity index (χ3v) is 4.67. The molecule has 3 nitrogen and oxygen atoms in total. The van der Waals surface area contributed by atoms with Crippen LogP contribution in [-0.2, 0) is 0 Å². The van der Waals surface area contributed by atoms with E-state index in [1.807, 2.05) is 31.7 Å². The van der Waals surface area contributed by atoms with E-state index in [9.17, 15) is 4.79 Å². The van der Waals surface area contributed by atoms with Crippen molar-refractivity contribution in [1.29, 1.82) is 0 Å². The predicted octanol–water partition coefficient (Wildman–Crippen LogP) is 2.27. The van der Waals surface area contributed by atoms with E-state index in [1.165, 1.54) is 11.3 Å². The molecule has 0 aliphatic rings. The van der Waals surface area contributed by atoms with Crippen molar-refractivity contribution in [3.8, 4) is 11.8 Å². The maximum atomic E-state index is 12.1. The van der Waals surface area contributed by atoms with Gasteiger partial charge in [0.2, 0.25) is 0 Å². The highest BCUT2D eigenvalue weighted by Crippen LogP contribution is 2.21. The number of carbonyl (C=O) groups excluding carboxylic acids is 1. The number of rotatable bonds is 5. The van der Waals surface area contributed by atoms with Crippen molar-refractivity contribution < 1.29 is 9.90 Å². The summed E-state index contributed by atoms with van der Waals surface area (Å²) in [6.07, 6.45) is 0. The maximum Gasteiger partial charge on any atom is 0.261 e. The number of nitrogens with one attached hydrogen (secondary N) is 1. The zero-order chi connectivity index (χ0) is 14.3. The molecule has 0 saturated carbocycles. The average molecular weight is 297 g/mol. The van der Waals surface area contributed by atoms with Crippen LogP contribution in [0.25, 0.3) is 0 Å². The Morgan fingerprint density at radius 2 is 2.37 bits per heavy atom. The monoisotopic (exact) mass is 297 g/mol. The minimum Gasteiger partial charge on any atom is -0.384 e. The second-order valence-corrected chi connectivity index (χ2v) is 6.49. The zero-order valence-electron chi connectivity index (χ0n) is 11.4. The molecule has 104 valence electrons. The third-order valence-electron chi connectivity index (χ3n) is 2.37. The van der Waals surface area contributed by atoms with Crippen LogP contribution in [0.1, 0.15) is 34.0 Å².